The topological polar surface area (TPSA) is 9.23 Å². The highest BCUT2D eigenvalue weighted by atomic mass is 16.5. The molecule has 2 aromatic rings. The van der Waals surface area contributed by atoms with Crippen LogP contribution in [0.1, 0.15) is 50.7 Å². The lowest BCUT2D eigenvalue weighted by atomic mass is 10.0. The normalized spacial score (nSPS) is 13.7. The summed E-state index contributed by atoms with van der Waals surface area (Å²) in [6, 6.07) is 21.5. The molecule has 0 aliphatic carbocycles. The SMILES string of the molecule is CC[C@H](CCc1ccccc1)O[C@H](CC)CCc1ccccc1. The molecule has 23 heavy (non-hydrogen) atoms. The van der Waals surface area contributed by atoms with Gasteiger partial charge in [-0.25, -0.2) is 0 Å². The molecule has 0 bridgehead atoms. The molecule has 0 saturated heterocycles. The van der Waals surface area contributed by atoms with Gasteiger partial charge < -0.3 is 4.74 Å². The molecule has 2 aromatic carbocycles. The van der Waals surface area contributed by atoms with Crippen LogP contribution in [0.15, 0.2) is 60.7 Å². The van der Waals surface area contributed by atoms with Crippen LogP contribution in [0, 0.1) is 0 Å². The van der Waals surface area contributed by atoms with Crippen LogP contribution in [0.25, 0.3) is 0 Å². The molecule has 0 heterocycles. The molecule has 2 atom stereocenters. The second-order valence-electron chi connectivity index (χ2n) is 6.25. The zero-order chi connectivity index (χ0) is 16.3. The Morgan fingerprint density at radius 3 is 1.39 bits per heavy atom. The summed E-state index contributed by atoms with van der Waals surface area (Å²) < 4.78 is 6.39. The largest absolute Gasteiger partial charge is 0.375 e. The van der Waals surface area contributed by atoms with Crippen LogP contribution in [-0.4, -0.2) is 12.2 Å². The minimum Gasteiger partial charge on any atom is -0.375 e. The molecular formula is C22H30O. The van der Waals surface area contributed by atoms with Gasteiger partial charge in [-0.3, -0.25) is 0 Å². The highest BCUT2D eigenvalue weighted by Gasteiger charge is 2.14. The standard InChI is InChI=1S/C22H30O/c1-3-21(17-15-19-11-7-5-8-12-19)23-22(4-2)18-16-20-13-9-6-10-14-20/h5-14,21-22H,3-4,15-18H2,1-2H3/t21-,22-/m1/s1. The summed E-state index contributed by atoms with van der Waals surface area (Å²) in [7, 11) is 0. The molecule has 0 unspecified atom stereocenters. The summed E-state index contributed by atoms with van der Waals surface area (Å²) in [5.74, 6) is 0. The lowest BCUT2D eigenvalue weighted by Gasteiger charge is -2.23. The molecule has 0 spiro atoms. The summed E-state index contributed by atoms with van der Waals surface area (Å²) in [6.45, 7) is 4.47. The molecule has 0 aromatic heterocycles. The van der Waals surface area contributed by atoms with Gasteiger partial charge in [0, 0.05) is 0 Å². The minimum atomic E-state index is 0.371. The summed E-state index contributed by atoms with van der Waals surface area (Å²) in [5.41, 5.74) is 2.82. The van der Waals surface area contributed by atoms with Crippen molar-refractivity contribution in [2.24, 2.45) is 0 Å². The van der Waals surface area contributed by atoms with Gasteiger partial charge in [-0.1, -0.05) is 74.5 Å². The van der Waals surface area contributed by atoms with E-state index in [1.165, 1.54) is 11.1 Å². The summed E-state index contributed by atoms with van der Waals surface area (Å²) in [6.07, 6.45) is 7.36. The average molecular weight is 310 g/mol. The van der Waals surface area contributed by atoms with Crippen molar-refractivity contribution in [2.75, 3.05) is 0 Å². The van der Waals surface area contributed by atoms with E-state index in [1.807, 2.05) is 0 Å². The first-order chi connectivity index (χ1) is 11.3. The highest BCUT2D eigenvalue weighted by Crippen LogP contribution is 2.17. The predicted molar refractivity (Wildman–Crippen MR) is 98.8 cm³/mol. The van der Waals surface area contributed by atoms with E-state index in [-0.39, 0.29) is 0 Å². The first-order valence-corrected chi connectivity index (χ1v) is 9.05. The third kappa shape index (κ3) is 6.58. The zero-order valence-corrected chi connectivity index (χ0v) is 14.6. The van der Waals surface area contributed by atoms with Gasteiger partial charge >= 0.3 is 0 Å². The molecule has 0 radical (unpaired) electrons. The molecule has 124 valence electrons. The van der Waals surface area contributed by atoms with Crippen molar-refractivity contribution in [3.05, 3.63) is 71.8 Å². The van der Waals surface area contributed by atoms with Gasteiger partial charge in [-0.05, 0) is 49.7 Å². The Morgan fingerprint density at radius 2 is 1.04 bits per heavy atom. The minimum absolute atomic E-state index is 0.371. The fourth-order valence-corrected chi connectivity index (χ4v) is 2.95. The van der Waals surface area contributed by atoms with E-state index in [1.54, 1.807) is 0 Å². The maximum absolute atomic E-state index is 6.39. The van der Waals surface area contributed by atoms with Crippen molar-refractivity contribution in [3.8, 4) is 0 Å². The summed E-state index contributed by atoms with van der Waals surface area (Å²) >= 11 is 0. The first-order valence-electron chi connectivity index (χ1n) is 9.05. The monoisotopic (exact) mass is 310 g/mol. The molecule has 0 aliphatic heterocycles. The van der Waals surface area contributed by atoms with E-state index >= 15 is 0 Å². The van der Waals surface area contributed by atoms with E-state index in [4.69, 9.17) is 4.74 Å². The van der Waals surface area contributed by atoms with E-state index in [0.29, 0.717) is 12.2 Å². The Bertz CT molecular complexity index is 471. The van der Waals surface area contributed by atoms with Gasteiger partial charge in [0.05, 0.1) is 12.2 Å². The van der Waals surface area contributed by atoms with Crippen molar-refractivity contribution in [1.29, 1.82) is 0 Å². The van der Waals surface area contributed by atoms with Gasteiger partial charge in [-0.2, -0.15) is 0 Å². The van der Waals surface area contributed by atoms with Crippen LogP contribution in [-0.2, 0) is 17.6 Å². The fourth-order valence-electron chi connectivity index (χ4n) is 2.95. The number of hydrogen-bond donors (Lipinski definition) is 0. The number of aryl methyl sites for hydroxylation is 2. The first kappa shape index (κ1) is 17.7. The van der Waals surface area contributed by atoms with E-state index in [2.05, 4.69) is 74.5 Å². The van der Waals surface area contributed by atoms with Gasteiger partial charge in [0.1, 0.15) is 0 Å². The zero-order valence-electron chi connectivity index (χ0n) is 14.6. The molecule has 0 fully saturated rings. The number of benzene rings is 2. The molecule has 0 aliphatic rings. The lowest BCUT2D eigenvalue weighted by molar-refractivity contribution is -0.0232. The van der Waals surface area contributed by atoms with E-state index in [0.717, 1.165) is 38.5 Å². The van der Waals surface area contributed by atoms with Gasteiger partial charge in [0.25, 0.3) is 0 Å². The Hall–Kier alpha value is -1.60. The number of hydrogen-bond acceptors (Lipinski definition) is 1. The quantitative estimate of drug-likeness (QED) is 0.537. The predicted octanol–water partition coefficient (Wildman–Crippen LogP) is 5.83. The van der Waals surface area contributed by atoms with Gasteiger partial charge in [0.15, 0.2) is 0 Å². The van der Waals surface area contributed by atoms with Crippen molar-refractivity contribution in [3.63, 3.8) is 0 Å². The molecule has 0 N–H and O–H groups in total. The van der Waals surface area contributed by atoms with Crippen molar-refractivity contribution < 1.29 is 4.74 Å². The third-order valence-corrected chi connectivity index (χ3v) is 4.49. The van der Waals surface area contributed by atoms with Crippen LogP contribution < -0.4 is 0 Å². The average Bonchev–Trinajstić information content (AvgIpc) is 2.63. The molecule has 0 saturated carbocycles. The smallest absolute Gasteiger partial charge is 0.0579 e. The molecule has 1 nitrogen and oxygen atoms in total. The van der Waals surface area contributed by atoms with Crippen LogP contribution in [0.2, 0.25) is 0 Å². The Kier molecular flexibility index (Phi) is 7.89. The maximum atomic E-state index is 6.39. The van der Waals surface area contributed by atoms with Crippen molar-refractivity contribution >= 4 is 0 Å². The fraction of sp³-hybridized carbons (Fsp3) is 0.455. The summed E-state index contributed by atoms with van der Waals surface area (Å²) in [5, 5.41) is 0. The van der Waals surface area contributed by atoms with Gasteiger partial charge in [-0.15, -0.1) is 0 Å². The lowest BCUT2D eigenvalue weighted by Crippen LogP contribution is -2.22. The highest BCUT2D eigenvalue weighted by molar-refractivity contribution is 5.15. The Balaban J connectivity index is 1.78. The van der Waals surface area contributed by atoms with E-state index in [9.17, 15) is 0 Å². The number of ether oxygens (including phenoxy) is 1. The Labute approximate surface area is 141 Å². The van der Waals surface area contributed by atoms with Crippen LogP contribution in [0.3, 0.4) is 0 Å². The molecule has 0 amide bonds. The summed E-state index contributed by atoms with van der Waals surface area (Å²) in [4.78, 5) is 0. The number of rotatable bonds is 10. The second-order valence-corrected chi connectivity index (χ2v) is 6.25. The maximum Gasteiger partial charge on any atom is 0.0579 e. The van der Waals surface area contributed by atoms with Crippen LogP contribution >= 0.6 is 0 Å². The van der Waals surface area contributed by atoms with Crippen molar-refractivity contribution in [1.82, 2.24) is 0 Å². The molecular weight excluding hydrogens is 280 g/mol. The van der Waals surface area contributed by atoms with Gasteiger partial charge in [0.2, 0.25) is 0 Å². The Morgan fingerprint density at radius 1 is 0.652 bits per heavy atom. The molecule has 1 heteroatoms. The molecule has 2 rings (SSSR count). The van der Waals surface area contributed by atoms with Crippen molar-refractivity contribution in [2.45, 2.75) is 64.6 Å². The van der Waals surface area contributed by atoms with Crippen LogP contribution in [0.5, 0.6) is 0 Å². The third-order valence-electron chi connectivity index (χ3n) is 4.49. The van der Waals surface area contributed by atoms with Crippen LogP contribution in [0.4, 0.5) is 0 Å². The second kappa shape index (κ2) is 10.2. The van der Waals surface area contributed by atoms with E-state index < -0.39 is 0 Å².